The molecule has 3 aliphatic heterocycles. The Kier molecular flexibility index (Phi) is 7.37. The molecule has 1 aromatic heterocycles. The van der Waals surface area contributed by atoms with Crippen LogP contribution in [-0.4, -0.2) is 72.9 Å². The molecule has 4 aliphatic rings. The van der Waals surface area contributed by atoms with E-state index in [1.807, 2.05) is 0 Å². The number of fused-ring (bicyclic) bond motifs is 4. The first-order valence-corrected chi connectivity index (χ1v) is 14.9. The number of carbonyl (C=O) groups excluding carboxylic acids is 3. The number of benzene rings is 1. The third-order valence-corrected chi connectivity index (χ3v) is 8.92. The van der Waals surface area contributed by atoms with Crippen LogP contribution in [0.15, 0.2) is 29.4 Å². The van der Waals surface area contributed by atoms with Crippen molar-refractivity contribution in [3.63, 3.8) is 0 Å². The number of aromatic nitrogens is 1. The lowest BCUT2D eigenvalue weighted by Gasteiger charge is -2.53. The molecule has 4 fully saturated rings. The van der Waals surface area contributed by atoms with E-state index in [1.54, 1.807) is 0 Å². The van der Waals surface area contributed by atoms with Crippen molar-refractivity contribution in [3.8, 4) is 0 Å². The number of aromatic amines is 1. The summed E-state index contributed by atoms with van der Waals surface area (Å²) in [5.74, 6) is -9.77. The Bertz CT molecular complexity index is 1520. The van der Waals surface area contributed by atoms with Gasteiger partial charge < -0.3 is 20.5 Å². The topological polar surface area (TPSA) is 128 Å². The molecule has 6 rings (SSSR count). The van der Waals surface area contributed by atoms with Gasteiger partial charge in [-0.05, 0) is 50.0 Å². The number of alkyl halides is 2. The molecule has 2 aromatic rings. The van der Waals surface area contributed by atoms with Gasteiger partial charge in [0.2, 0.25) is 26.8 Å². The van der Waals surface area contributed by atoms with Gasteiger partial charge in [0.15, 0.2) is 0 Å². The van der Waals surface area contributed by atoms with Crippen LogP contribution in [0.2, 0.25) is 0 Å². The van der Waals surface area contributed by atoms with E-state index in [-0.39, 0.29) is 35.9 Å². The fourth-order valence-electron chi connectivity index (χ4n) is 6.10. The van der Waals surface area contributed by atoms with Gasteiger partial charge in [-0.2, -0.15) is 4.39 Å². The molecule has 41 heavy (non-hydrogen) atoms. The molecule has 1 aromatic carbocycles. The van der Waals surface area contributed by atoms with Gasteiger partial charge in [0.05, 0.1) is 17.5 Å². The van der Waals surface area contributed by atoms with Gasteiger partial charge in [-0.25, -0.2) is 26.0 Å². The summed E-state index contributed by atoms with van der Waals surface area (Å²) in [6.45, 7) is 0.314. The Labute approximate surface area is 231 Å². The summed E-state index contributed by atoms with van der Waals surface area (Å²) in [5.41, 5.74) is -0.627. The van der Waals surface area contributed by atoms with Crippen molar-refractivity contribution in [2.24, 2.45) is 11.8 Å². The highest BCUT2D eigenvalue weighted by Crippen LogP contribution is 2.49. The highest BCUT2D eigenvalue weighted by Gasteiger charge is 2.60. The number of amides is 3. The molecule has 2 bridgehead atoms. The normalized spacial score (nSPS) is 26.7. The molecule has 3 N–H and O–H groups in total. The summed E-state index contributed by atoms with van der Waals surface area (Å²) in [4.78, 5) is 42.8. The third kappa shape index (κ3) is 5.43. The number of hydrogen-bond acceptors (Lipinski definition) is 5. The number of sulfone groups is 1. The van der Waals surface area contributed by atoms with Gasteiger partial charge >= 0.3 is 0 Å². The van der Waals surface area contributed by atoms with Crippen LogP contribution in [0, 0.1) is 23.5 Å². The van der Waals surface area contributed by atoms with E-state index in [9.17, 15) is 36.0 Å². The number of hydrogen-bond donors (Lipinski definition) is 3. The van der Waals surface area contributed by atoms with Crippen molar-refractivity contribution < 1.29 is 44.8 Å². The average Bonchev–Trinajstić information content (AvgIpc) is 3.52. The largest absolute Gasteiger partial charge is 0.356 e. The van der Waals surface area contributed by atoms with Crippen LogP contribution in [0.1, 0.15) is 42.6 Å². The summed E-state index contributed by atoms with van der Waals surface area (Å²) < 4.78 is 96.6. The average molecular weight is 603 g/mol. The van der Waals surface area contributed by atoms with Crippen LogP contribution < -0.4 is 10.6 Å². The minimum Gasteiger partial charge on any atom is -0.356 e. The summed E-state index contributed by atoms with van der Waals surface area (Å²) in [6.07, 6.45) is 0.618. The van der Waals surface area contributed by atoms with Crippen LogP contribution >= 0.6 is 0 Å². The van der Waals surface area contributed by atoms with E-state index in [4.69, 9.17) is 0 Å². The van der Waals surface area contributed by atoms with Crippen molar-refractivity contribution in [3.05, 3.63) is 46.8 Å². The lowest BCUT2D eigenvalue weighted by molar-refractivity contribution is -0.179. The second-order valence-electron chi connectivity index (χ2n) is 10.8. The number of halogens is 5. The minimum absolute atomic E-state index is 0.112. The monoisotopic (exact) mass is 602 g/mol. The number of nitrogens with one attached hydrogen (secondary N) is 3. The molecule has 3 amide bonds. The molecule has 0 spiro atoms. The standard InChI is InChI=1S/C26H27F5N4O5S/c1-41(39,40)20(29)9-13(8-12-6-7-32-23(12)36)33-24(37)22-16-3-2-14(11-26(16,30)31)35(22)25(38)19-10-15-17(27)4-5-18(28)21(15)34-19/h4-5,9-10,12-14,16,22,34H,2-3,6-8,11H2,1H3,(H,32,36)(H,33,37)/b20-9+/t12-,13+,14+,16+,22-/m1/s1. The minimum atomic E-state index is -4.32. The molecule has 0 unspecified atom stereocenters. The van der Waals surface area contributed by atoms with Gasteiger partial charge in [0, 0.05) is 36.6 Å². The first-order chi connectivity index (χ1) is 19.2. The Morgan fingerprint density at radius 3 is 2.51 bits per heavy atom. The van der Waals surface area contributed by atoms with E-state index in [2.05, 4.69) is 15.6 Å². The maximum absolute atomic E-state index is 15.1. The van der Waals surface area contributed by atoms with Crippen LogP contribution in [0.25, 0.3) is 10.9 Å². The van der Waals surface area contributed by atoms with Gasteiger partial charge in [-0.15, -0.1) is 0 Å². The highest BCUT2D eigenvalue weighted by molar-refractivity contribution is 7.94. The number of carbonyl (C=O) groups is 3. The lowest BCUT2D eigenvalue weighted by atomic mass is 9.71. The second kappa shape index (κ2) is 10.4. The smallest absolute Gasteiger partial charge is 0.271 e. The number of rotatable bonds is 7. The predicted octanol–water partition coefficient (Wildman–Crippen LogP) is 2.94. The van der Waals surface area contributed by atoms with Crippen molar-refractivity contribution in [2.45, 2.75) is 56.2 Å². The van der Waals surface area contributed by atoms with Crippen molar-refractivity contribution >= 4 is 38.5 Å². The molecule has 4 heterocycles. The Hall–Kier alpha value is -3.49. The van der Waals surface area contributed by atoms with Gasteiger partial charge in [0.25, 0.3) is 11.8 Å². The van der Waals surface area contributed by atoms with Gasteiger partial charge in [0.1, 0.15) is 23.4 Å². The van der Waals surface area contributed by atoms with Crippen molar-refractivity contribution in [1.82, 2.24) is 20.5 Å². The van der Waals surface area contributed by atoms with E-state index >= 15 is 8.78 Å². The molecule has 0 radical (unpaired) electrons. The van der Waals surface area contributed by atoms with Crippen molar-refractivity contribution in [2.75, 3.05) is 12.8 Å². The van der Waals surface area contributed by atoms with Crippen LogP contribution in [0.3, 0.4) is 0 Å². The molecule has 1 saturated carbocycles. The molecule has 9 nitrogen and oxygen atoms in total. The Morgan fingerprint density at radius 2 is 1.90 bits per heavy atom. The summed E-state index contributed by atoms with van der Waals surface area (Å²) in [5, 5.41) is 3.14. The zero-order chi connectivity index (χ0) is 29.9. The fourth-order valence-corrected chi connectivity index (χ4v) is 6.51. The third-order valence-electron chi connectivity index (χ3n) is 8.07. The van der Waals surface area contributed by atoms with Crippen molar-refractivity contribution in [1.29, 1.82) is 0 Å². The number of H-pyrrole nitrogens is 1. The van der Waals surface area contributed by atoms with Gasteiger partial charge in [-0.1, -0.05) is 0 Å². The molecular formula is C26H27F5N4O5S. The molecule has 222 valence electrons. The van der Waals surface area contributed by atoms with Crippen LogP contribution in [0.5, 0.6) is 0 Å². The summed E-state index contributed by atoms with van der Waals surface area (Å²) in [7, 11) is -4.32. The van der Waals surface area contributed by atoms with E-state index < -0.39 is 86.7 Å². The molecule has 5 atom stereocenters. The maximum atomic E-state index is 15.1. The number of nitrogens with zero attached hydrogens (tertiary/aromatic N) is 1. The fraction of sp³-hybridized carbons (Fsp3) is 0.500. The first-order valence-electron chi connectivity index (χ1n) is 13.0. The second-order valence-corrected chi connectivity index (χ2v) is 12.8. The zero-order valence-electron chi connectivity index (χ0n) is 21.7. The predicted molar refractivity (Wildman–Crippen MR) is 136 cm³/mol. The SMILES string of the molecule is CS(=O)(=O)/C(F)=C/[C@H](C[C@H]1CCNC1=O)NC(=O)[C@H]1[C@@H]2CC[C@@H](CC2(F)F)N1C(=O)c1cc2c(F)ccc(F)c2[nH]1. The molecule has 3 saturated heterocycles. The Morgan fingerprint density at radius 1 is 1.20 bits per heavy atom. The van der Waals surface area contributed by atoms with E-state index in [0.29, 0.717) is 25.3 Å². The van der Waals surface area contributed by atoms with Gasteiger partial charge in [-0.3, -0.25) is 14.4 Å². The van der Waals surface area contributed by atoms with Crippen LogP contribution in [-0.2, 0) is 19.4 Å². The molecular weight excluding hydrogens is 575 g/mol. The first kappa shape index (κ1) is 29.0. The molecule has 1 aliphatic carbocycles. The molecule has 15 heteroatoms. The lowest BCUT2D eigenvalue weighted by Crippen LogP contribution is -2.68. The van der Waals surface area contributed by atoms with Crippen LogP contribution in [0.4, 0.5) is 22.0 Å². The number of piperidine rings is 2. The quantitative estimate of drug-likeness (QED) is 0.420. The summed E-state index contributed by atoms with van der Waals surface area (Å²) in [6, 6.07) is -1.48. The van der Waals surface area contributed by atoms with E-state index in [1.165, 1.54) is 0 Å². The zero-order valence-corrected chi connectivity index (χ0v) is 22.5. The highest BCUT2D eigenvalue weighted by atomic mass is 32.2. The Balaban J connectivity index is 1.49. The van der Waals surface area contributed by atoms with E-state index in [0.717, 1.165) is 23.1 Å². The summed E-state index contributed by atoms with van der Waals surface area (Å²) >= 11 is 0. The maximum Gasteiger partial charge on any atom is 0.271 e.